The van der Waals surface area contributed by atoms with Gasteiger partial charge >= 0.3 is 0 Å². The molecule has 2 N–H and O–H groups in total. The normalized spacial score (nSPS) is 10.3. The number of rotatable bonds is 6. The van der Waals surface area contributed by atoms with Gasteiger partial charge in [0.15, 0.2) is 6.61 Å². The van der Waals surface area contributed by atoms with Gasteiger partial charge in [-0.25, -0.2) is 0 Å². The summed E-state index contributed by atoms with van der Waals surface area (Å²) in [5.74, 6) is 0.408. The molecule has 0 saturated carbocycles. The summed E-state index contributed by atoms with van der Waals surface area (Å²) in [7, 11) is 0. The minimum absolute atomic E-state index is 0.114. The molecule has 0 aliphatic carbocycles. The number of phenols is 1. The fourth-order valence-electron chi connectivity index (χ4n) is 1.80. The van der Waals surface area contributed by atoms with Gasteiger partial charge in [-0.05, 0) is 42.3 Å². The predicted octanol–water partition coefficient (Wildman–Crippen LogP) is 3.44. The van der Waals surface area contributed by atoms with Crippen LogP contribution < -0.4 is 10.1 Å². The molecule has 0 aliphatic heterocycles. The van der Waals surface area contributed by atoms with Crippen LogP contribution in [-0.4, -0.2) is 24.2 Å². The third-order valence-electron chi connectivity index (χ3n) is 2.92. The number of halogens is 2. The zero-order valence-electron chi connectivity index (χ0n) is 11.7. The first-order valence-corrected chi connectivity index (χ1v) is 7.42. The Morgan fingerprint density at radius 3 is 2.55 bits per heavy atom. The number of phenolic OH excluding ortho intramolecular Hbond substituents is 1. The van der Waals surface area contributed by atoms with Crippen molar-refractivity contribution in [3.8, 4) is 11.5 Å². The molecule has 4 nitrogen and oxygen atoms in total. The average molecular weight is 340 g/mol. The highest BCUT2D eigenvalue weighted by Crippen LogP contribution is 2.27. The SMILES string of the molecule is O=C(COc1ccc(Cl)cc1Cl)NCCc1ccc(O)cc1. The van der Waals surface area contributed by atoms with Crippen molar-refractivity contribution in [1.29, 1.82) is 0 Å². The molecule has 22 heavy (non-hydrogen) atoms. The minimum atomic E-state index is -0.232. The summed E-state index contributed by atoms with van der Waals surface area (Å²) in [6.45, 7) is 0.373. The molecule has 2 aromatic rings. The molecular formula is C16H15Cl2NO3. The van der Waals surface area contributed by atoms with Crippen LogP contribution in [0.25, 0.3) is 0 Å². The highest BCUT2D eigenvalue weighted by molar-refractivity contribution is 6.35. The van der Waals surface area contributed by atoms with Crippen LogP contribution in [0.15, 0.2) is 42.5 Å². The Hall–Kier alpha value is -1.91. The smallest absolute Gasteiger partial charge is 0.257 e. The number of nitrogens with one attached hydrogen (secondary N) is 1. The van der Waals surface area contributed by atoms with Gasteiger partial charge in [-0.2, -0.15) is 0 Å². The van der Waals surface area contributed by atoms with Crippen molar-refractivity contribution in [2.24, 2.45) is 0 Å². The van der Waals surface area contributed by atoms with Crippen LogP contribution in [0.4, 0.5) is 0 Å². The van der Waals surface area contributed by atoms with E-state index in [1.165, 1.54) is 0 Å². The lowest BCUT2D eigenvalue weighted by atomic mass is 10.1. The molecule has 0 heterocycles. The van der Waals surface area contributed by atoms with Crippen LogP contribution in [-0.2, 0) is 11.2 Å². The minimum Gasteiger partial charge on any atom is -0.508 e. The van der Waals surface area contributed by atoms with Gasteiger partial charge in [0.2, 0.25) is 0 Å². The predicted molar refractivity (Wildman–Crippen MR) is 86.8 cm³/mol. The molecular weight excluding hydrogens is 325 g/mol. The molecule has 0 aliphatic rings. The summed E-state index contributed by atoms with van der Waals surface area (Å²) < 4.78 is 5.34. The summed E-state index contributed by atoms with van der Waals surface area (Å²) in [6.07, 6.45) is 0.674. The second-order valence-corrected chi connectivity index (χ2v) is 5.47. The maximum atomic E-state index is 11.7. The lowest BCUT2D eigenvalue weighted by Gasteiger charge is -2.09. The van der Waals surface area contributed by atoms with E-state index in [1.54, 1.807) is 30.3 Å². The third-order valence-corrected chi connectivity index (χ3v) is 3.46. The van der Waals surface area contributed by atoms with Gasteiger partial charge in [-0.3, -0.25) is 4.79 Å². The fourth-order valence-corrected chi connectivity index (χ4v) is 2.26. The van der Waals surface area contributed by atoms with Crippen molar-refractivity contribution in [2.75, 3.05) is 13.2 Å². The average Bonchev–Trinajstić information content (AvgIpc) is 2.48. The van der Waals surface area contributed by atoms with Crippen molar-refractivity contribution in [1.82, 2.24) is 5.32 Å². The van der Waals surface area contributed by atoms with E-state index >= 15 is 0 Å². The first-order chi connectivity index (χ1) is 10.5. The summed E-state index contributed by atoms with van der Waals surface area (Å²) in [5.41, 5.74) is 1.03. The number of carbonyl (C=O) groups is 1. The quantitative estimate of drug-likeness (QED) is 0.847. The number of amides is 1. The van der Waals surface area contributed by atoms with Crippen molar-refractivity contribution in [3.05, 3.63) is 58.1 Å². The largest absolute Gasteiger partial charge is 0.508 e. The molecule has 0 atom stereocenters. The zero-order chi connectivity index (χ0) is 15.9. The topological polar surface area (TPSA) is 58.6 Å². The third kappa shape index (κ3) is 5.13. The van der Waals surface area contributed by atoms with Gasteiger partial charge in [-0.1, -0.05) is 35.3 Å². The number of benzene rings is 2. The second-order valence-electron chi connectivity index (χ2n) is 4.63. The van der Waals surface area contributed by atoms with Crippen LogP contribution >= 0.6 is 23.2 Å². The first kappa shape index (κ1) is 16.5. The van der Waals surface area contributed by atoms with E-state index in [0.29, 0.717) is 28.8 Å². The van der Waals surface area contributed by atoms with E-state index in [0.717, 1.165) is 5.56 Å². The number of hydrogen-bond donors (Lipinski definition) is 2. The first-order valence-electron chi connectivity index (χ1n) is 6.67. The van der Waals surface area contributed by atoms with E-state index in [-0.39, 0.29) is 18.3 Å². The van der Waals surface area contributed by atoms with Crippen LogP contribution in [0.2, 0.25) is 10.0 Å². The van der Waals surface area contributed by atoms with Crippen LogP contribution in [0, 0.1) is 0 Å². The summed E-state index contributed by atoms with van der Waals surface area (Å²) in [6, 6.07) is 11.7. The molecule has 0 saturated heterocycles. The number of aromatic hydroxyl groups is 1. The summed E-state index contributed by atoms with van der Waals surface area (Å²) in [5, 5.41) is 12.8. The van der Waals surface area contributed by atoms with Crippen LogP contribution in [0.3, 0.4) is 0 Å². The summed E-state index contributed by atoms with van der Waals surface area (Å²) >= 11 is 11.7. The van der Waals surface area contributed by atoms with Gasteiger partial charge in [0.05, 0.1) is 5.02 Å². The zero-order valence-corrected chi connectivity index (χ0v) is 13.2. The molecule has 0 radical (unpaired) electrons. The van der Waals surface area contributed by atoms with Crippen LogP contribution in [0.5, 0.6) is 11.5 Å². The highest BCUT2D eigenvalue weighted by atomic mass is 35.5. The molecule has 0 spiro atoms. The Bertz CT molecular complexity index is 644. The van der Waals surface area contributed by atoms with Crippen molar-refractivity contribution >= 4 is 29.1 Å². The molecule has 6 heteroatoms. The molecule has 0 fully saturated rings. The Labute approximate surface area is 138 Å². The molecule has 0 bridgehead atoms. The Balaban J connectivity index is 1.72. The molecule has 116 valence electrons. The van der Waals surface area contributed by atoms with Gasteiger partial charge < -0.3 is 15.2 Å². The molecule has 2 rings (SSSR count). The van der Waals surface area contributed by atoms with Gasteiger partial charge in [0, 0.05) is 11.6 Å². The van der Waals surface area contributed by atoms with Gasteiger partial charge in [0.1, 0.15) is 11.5 Å². The van der Waals surface area contributed by atoms with E-state index in [2.05, 4.69) is 5.32 Å². The van der Waals surface area contributed by atoms with Crippen molar-refractivity contribution < 1.29 is 14.6 Å². The van der Waals surface area contributed by atoms with E-state index < -0.39 is 0 Å². The number of ether oxygens (including phenoxy) is 1. The Kier molecular flexibility index (Phi) is 5.92. The van der Waals surface area contributed by atoms with E-state index in [9.17, 15) is 9.90 Å². The Morgan fingerprint density at radius 1 is 1.14 bits per heavy atom. The molecule has 2 aromatic carbocycles. The maximum absolute atomic E-state index is 11.7. The Morgan fingerprint density at radius 2 is 1.86 bits per heavy atom. The molecule has 0 aromatic heterocycles. The number of hydrogen-bond acceptors (Lipinski definition) is 3. The lowest BCUT2D eigenvalue weighted by Crippen LogP contribution is -2.30. The fraction of sp³-hybridized carbons (Fsp3) is 0.188. The van der Waals surface area contributed by atoms with Gasteiger partial charge in [-0.15, -0.1) is 0 Å². The lowest BCUT2D eigenvalue weighted by molar-refractivity contribution is -0.123. The maximum Gasteiger partial charge on any atom is 0.257 e. The van der Waals surface area contributed by atoms with Gasteiger partial charge in [0.25, 0.3) is 5.91 Å². The standard InChI is InChI=1S/C16H15Cl2NO3/c17-12-3-6-15(14(18)9-12)22-10-16(21)19-8-7-11-1-4-13(20)5-2-11/h1-6,9,20H,7-8,10H2,(H,19,21). The van der Waals surface area contributed by atoms with Crippen molar-refractivity contribution in [3.63, 3.8) is 0 Å². The van der Waals surface area contributed by atoms with Crippen LogP contribution in [0.1, 0.15) is 5.56 Å². The second kappa shape index (κ2) is 7.92. The summed E-state index contributed by atoms with van der Waals surface area (Å²) in [4.78, 5) is 11.7. The van der Waals surface area contributed by atoms with Crippen molar-refractivity contribution in [2.45, 2.75) is 6.42 Å². The molecule has 0 unspecified atom stereocenters. The van der Waals surface area contributed by atoms with E-state index in [1.807, 2.05) is 12.1 Å². The molecule has 1 amide bonds. The monoisotopic (exact) mass is 339 g/mol. The van der Waals surface area contributed by atoms with E-state index in [4.69, 9.17) is 27.9 Å². The highest BCUT2D eigenvalue weighted by Gasteiger charge is 2.06. The number of carbonyl (C=O) groups excluding carboxylic acids is 1.